The van der Waals surface area contributed by atoms with Crippen LogP contribution in [0.25, 0.3) is 0 Å². The second-order valence-corrected chi connectivity index (χ2v) is 4.51. The molecule has 84 valence electrons. The number of methoxy groups -OCH3 is 1. The minimum atomic E-state index is -0.119. The molecule has 1 heteroatoms. The van der Waals surface area contributed by atoms with Gasteiger partial charge >= 0.3 is 0 Å². The van der Waals surface area contributed by atoms with Crippen LogP contribution in [0, 0.1) is 5.92 Å². The fraction of sp³-hybridized carbons (Fsp3) is 0.846. The van der Waals surface area contributed by atoms with Crippen LogP contribution in [-0.4, -0.2) is 12.7 Å². The number of hydrogen-bond acceptors (Lipinski definition) is 1. The predicted molar refractivity (Wildman–Crippen MR) is 63.5 cm³/mol. The lowest BCUT2D eigenvalue weighted by molar-refractivity contribution is 0.0386. The van der Waals surface area contributed by atoms with E-state index in [2.05, 4.69) is 27.4 Å². The van der Waals surface area contributed by atoms with E-state index < -0.39 is 0 Å². The van der Waals surface area contributed by atoms with Gasteiger partial charge in [0.1, 0.15) is 0 Å². The molecule has 0 spiro atoms. The quantitative estimate of drug-likeness (QED) is 0.531. The lowest BCUT2D eigenvalue weighted by atomic mass is 9.93. The lowest BCUT2D eigenvalue weighted by Crippen LogP contribution is -2.23. The summed E-state index contributed by atoms with van der Waals surface area (Å²) in [5, 5.41) is 0. The zero-order chi connectivity index (χ0) is 11.0. The van der Waals surface area contributed by atoms with Crippen LogP contribution in [0.5, 0.6) is 0 Å². The molecule has 0 amide bonds. The SMILES string of the molecule is C=CC(C)(CCCC(C)CCC)OC. The first-order valence-electron chi connectivity index (χ1n) is 5.76. The van der Waals surface area contributed by atoms with Crippen LogP contribution >= 0.6 is 0 Å². The van der Waals surface area contributed by atoms with Crippen LogP contribution in [0.4, 0.5) is 0 Å². The van der Waals surface area contributed by atoms with Crippen molar-refractivity contribution in [1.29, 1.82) is 0 Å². The summed E-state index contributed by atoms with van der Waals surface area (Å²) in [4.78, 5) is 0. The summed E-state index contributed by atoms with van der Waals surface area (Å²) in [5.41, 5.74) is -0.119. The van der Waals surface area contributed by atoms with Gasteiger partial charge in [0.05, 0.1) is 5.60 Å². The molecule has 0 aromatic rings. The predicted octanol–water partition coefficient (Wildman–Crippen LogP) is 4.18. The minimum Gasteiger partial charge on any atom is -0.374 e. The Morgan fingerprint density at radius 3 is 2.50 bits per heavy atom. The molecule has 0 saturated heterocycles. The summed E-state index contributed by atoms with van der Waals surface area (Å²) >= 11 is 0. The van der Waals surface area contributed by atoms with E-state index in [4.69, 9.17) is 4.74 Å². The number of hydrogen-bond donors (Lipinski definition) is 0. The molecule has 14 heavy (non-hydrogen) atoms. The van der Waals surface area contributed by atoms with Crippen molar-refractivity contribution in [1.82, 2.24) is 0 Å². The van der Waals surface area contributed by atoms with Crippen LogP contribution in [0.2, 0.25) is 0 Å². The van der Waals surface area contributed by atoms with Crippen LogP contribution in [0.1, 0.15) is 52.9 Å². The smallest absolute Gasteiger partial charge is 0.0828 e. The number of ether oxygens (including phenoxy) is 1. The maximum Gasteiger partial charge on any atom is 0.0828 e. The van der Waals surface area contributed by atoms with Crippen molar-refractivity contribution in [3.05, 3.63) is 12.7 Å². The summed E-state index contributed by atoms with van der Waals surface area (Å²) in [7, 11) is 1.76. The molecule has 0 N–H and O–H groups in total. The van der Waals surface area contributed by atoms with E-state index >= 15 is 0 Å². The average molecular weight is 198 g/mol. The molecule has 0 rings (SSSR count). The molecule has 1 nitrogen and oxygen atoms in total. The highest BCUT2D eigenvalue weighted by Gasteiger charge is 2.18. The first-order chi connectivity index (χ1) is 6.58. The topological polar surface area (TPSA) is 9.23 Å². The molecule has 0 aliphatic rings. The standard InChI is InChI=1S/C13H26O/c1-6-9-12(3)10-8-11-13(4,7-2)14-5/h7,12H,2,6,8-11H2,1,3-5H3. The van der Waals surface area contributed by atoms with Crippen molar-refractivity contribution < 1.29 is 4.74 Å². The van der Waals surface area contributed by atoms with Gasteiger partial charge in [-0.05, 0) is 25.7 Å². The fourth-order valence-electron chi connectivity index (χ4n) is 1.73. The van der Waals surface area contributed by atoms with Gasteiger partial charge in [-0.2, -0.15) is 0 Å². The maximum atomic E-state index is 5.41. The summed E-state index contributed by atoms with van der Waals surface area (Å²) in [6.45, 7) is 10.5. The number of rotatable bonds is 8. The fourth-order valence-corrected chi connectivity index (χ4v) is 1.73. The Bertz CT molecular complexity index is 153. The second-order valence-electron chi connectivity index (χ2n) is 4.51. The average Bonchev–Trinajstić information content (AvgIpc) is 2.18. The van der Waals surface area contributed by atoms with Crippen molar-refractivity contribution >= 4 is 0 Å². The van der Waals surface area contributed by atoms with Crippen LogP contribution < -0.4 is 0 Å². The molecule has 0 aromatic heterocycles. The van der Waals surface area contributed by atoms with Crippen molar-refractivity contribution in [2.24, 2.45) is 5.92 Å². The highest BCUT2D eigenvalue weighted by molar-refractivity contribution is 4.93. The van der Waals surface area contributed by atoms with Crippen molar-refractivity contribution in [3.63, 3.8) is 0 Å². The Kier molecular flexibility index (Phi) is 6.90. The lowest BCUT2D eigenvalue weighted by Gasteiger charge is -2.24. The van der Waals surface area contributed by atoms with Gasteiger partial charge in [0.25, 0.3) is 0 Å². The van der Waals surface area contributed by atoms with Crippen molar-refractivity contribution in [3.8, 4) is 0 Å². The van der Waals surface area contributed by atoms with E-state index in [0.717, 1.165) is 12.3 Å². The molecule has 0 radical (unpaired) electrons. The normalized spacial score (nSPS) is 17.4. The highest BCUT2D eigenvalue weighted by atomic mass is 16.5. The molecule has 0 aliphatic heterocycles. The van der Waals surface area contributed by atoms with Gasteiger partial charge in [0, 0.05) is 7.11 Å². The summed E-state index contributed by atoms with van der Waals surface area (Å²) in [5.74, 6) is 0.853. The van der Waals surface area contributed by atoms with Crippen molar-refractivity contribution in [2.75, 3.05) is 7.11 Å². The zero-order valence-electron chi connectivity index (χ0n) is 10.3. The van der Waals surface area contributed by atoms with E-state index in [1.807, 2.05) is 6.08 Å². The van der Waals surface area contributed by atoms with Gasteiger partial charge < -0.3 is 4.74 Å². The Morgan fingerprint density at radius 1 is 1.43 bits per heavy atom. The van der Waals surface area contributed by atoms with Gasteiger partial charge in [-0.3, -0.25) is 0 Å². The monoisotopic (exact) mass is 198 g/mol. The molecular formula is C13H26O. The van der Waals surface area contributed by atoms with Gasteiger partial charge in [0.15, 0.2) is 0 Å². The molecule has 0 fully saturated rings. The molecular weight excluding hydrogens is 172 g/mol. The van der Waals surface area contributed by atoms with Gasteiger partial charge in [-0.15, -0.1) is 6.58 Å². The third-order valence-corrected chi connectivity index (χ3v) is 3.05. The van der Waals surface area contributed by atoms with Gasteiger partial charge in [0.2, 0.25) is 0 Å². The van der Waals surface area contributed by atoms with Crippen molar-refractivity contribution in [2.45, 2.75) is 58.5 Å². The van der Waals surface area contributed by atoms with Crippen LogP contribution in [0.15, 0.2) is 12.7 Å². The minimum absolute atomic E-state index is 0.119. The van der Waals surface area contributed by atoms with Crippen LogP contribution in [-0.2, 0) is 4.74 Å². The Hall–Kier alpha value is -0.300. The third kappa shape index (κ3) is 5.43. The molecule has 2 unspecified atom stereocenters. The Labute approximate surface area is 89.5 Å². The Balaban J connectivity index is 3.66. The summed E-state index contributed by atoms with van der Waals surface area (Å²) in [6.07, 6.45) is 8.18. The molecule has 0 aromatic carbocycles. The molecule has 0 heterocycles. The highest BCUT2D eigenvalue weighted by Crippen LogP contribution is 2.22. The Morgan fingerprint density at radius 2 is 2.07 bits per heavy atom. The van der Waals surface area contributed by atoms with E-state index in [0.29, 0.717) is 0 Å². The maximum absolute atomic E-state index is 5.41. The van der Waals surface area contributed by atoms with E-state index in [-0.39, 0.29) is 5.60 Å². The summed E-state index contributed by atoms with van der Waals surface area (Å²) < 4.78 is 5.41. The summed E-state index contributed by atoms with van der Waals surface area (Å²) in [6, 6.07) is 0. The van der Waals surface area contributed by atoms with Crippen LogP contribution in [0.3, 0.4) is 0 Å². The molecule has 2 atom stereocenters. The third-order valence-electron chi connectivity index (χ3n) is 3.05. The van der Waals surface area contributed by atoms with E-state index in [1.165, 1.54) is 25.7 Å². The first-order valence-corrected chi connectivity index (χ1v) is 5.76. The zero-order valence-corrected chi connectivity index (χ0v) is 10.3. The second kappa shape index (κ2) is 7.05. The molecule has 0 saturated carbocycles. The largest absolute Gasteiger partial charge is 0.374 e. The molecule has 0 bridgehead atoms. The van der Waals surface area contributed by atoms with E-state index in [9.17, 15) is 0 Å². The first kappa shape index (κ1) is 13.7. The van der Waals surface area contributed by atoms with Gasteiger partial charge in [-0.1, -0.05) is 39.2 Å². The van der Waals surface area contributed by atoms with E-state index in [1.54, 1.807) is 7.11 Å². The molecule has 0 aliphatic carbocycles. The van der Waals surface area contributed by atoms with Gasteiger partial charge in [-0.25, -0.2) is 0 Å².